The molecule has 0 fully saturated rings. The van der Waals surface area contributed by atoms with Crippen molar-refractivity contribution in [2.75, 3.05) is 12.4 Å². The van der Waals surface area contributed by atoms with Crippen LogP contribution in [0.2, 0.25) is 5.02 Å². The minimum absolute atomic E-state index is 0.0133. The van der Waals surface area contributed by atoms with Gasteiger partial charge in [0.1, 0.15) is 10.6 Å². The Labute approximate surface area is 128 Å². The molecule has 0 saturated heterocycles. The summed E-state index contributed by atoms with van der Waals surface area (Å²) in [6.45, 7) is 0.253. The number of nitrogens with one attached hydrogen (secondary N) is 2. The molecule has 112 valence electrons. The summed E-state index contributed by atoms with van der Waals surface area (Å²) in [6, 6.07) is 11.6. The Morgan fingerprint density at radius 1 is 1.14 bits per heavy atom. The molecule has 0 amide bonds. The second-order valence-corrected chi connectivity index (χ2v) is 6.57. The third kappa shape index (κ3) is 3.47. The van der Waals surface area contributed by atoms with Crippen LogP contribution in [0.25, 0.3) is 0 Å². The minimum atomic E-state index is -3.55. The number of rotatable bonds is 5. The first-order valence-corrected chi connectivity index (χ1v) is 8.04. The summed E-state index contributed by atoms with van der Waals surface area (Å²) in [6.07, 6.45) is 0. The van der Waals surface area contributed by atoms with Gasteiger partial charge in [0, 0.05) is 12.1 Å². The van der Waals surface area contributed by atoms with Crippen LogP contribution in [-0.2, 0) is 16.6 Å². The van der Waals surface area contributed by atoms with E-state index in [1.807, 2.05) is 0 Å². The Kier molecular flexibility index (Phi) is 4.72. The number of phenolic OH excluding ortho intramolecular Hbond substituents is 1. The molecule has 0 saturated carbocycles. The number of hydrogen-bond donors (Lipinski definition) is 3. The van der Waals surface area contributed by atoms with Crippen molar-refractivity contribution in [2.24, 2.45) is 0 Å². The zero-order valence-corrected chi connectivity index (χ0v) is 12.9. The van der Waals surface area contributed by atoms with Crippen LogP contribution in [0.3, 0.4) is 0 Å². The predicted molar refractivity (Wildman–Crippen MR) is 83.1 cm³/mol. The third-order valence-electron chi connectivity index (χ3n) is 2.98. The Hall–Kier alpha value is -1.76. The van der Waals surface area contributed by atoms with Crippen molar-refractivity contribution in [3.05, 3.63) is 53.1 Å². The van der Waals surface area contributed by atoms with E-state index < -0.39 is 10.0 Å². The van der Waals surface area contributed by atoms with E-state index in [1.54, 1.807) is 36.4 Å². The molecule has 2 aromatic carbocycles. The highest BCUT2D eigenvalue weighted by atomic mass is 35.5. The average molecular weight is 327 g/mol. The molecule has 5 nitrogen and oxygen atoms in total. The van der Waals surface area contributed by atoms with Crippen molar-refractivity contribution >= 4 is 27.3 Å². The van der Waals surface area contributed by atoms with Gasteiger partial charge in [0.2, 0.25) is 10.0 Å². The Morgan fingerprint density at radius 3 is 2.57 bits per heavy atom. The highest BCUT2D eigenvalue weighted by Crippen LogP contribution is 2.28. The smallest absolute Gasteiger partial charge is 0.242 e. The first kappa shape index (κ1) is 15.6. The molecule has 2 rings (SSSR count). The maximum absolute atomic E-state index is 11.9. The van der Waals surface area contributed by atoms with Crippen LogP contribution in [0.15, 0.2) is 47.4 Å². The van der Waals surface area contributed by atoms with Crippen molar-refractivity contribution in [3.8, 4) is 5.75 Å². The first-order valence-electron chi connectivity index (χ1n) is 6.18. The highest BCUT2D eigenvalue weighted by molar-refractivity contribution is 7.89. The van der Waals surface area contributed by atoms with Gasteiger partial charge in [-0.25, -0.2) is 13.1 Å². The molecule has 7 heteroatoms. The van der Waals surface area contributed by atoms with Crippen LogP contribution in [0, 0.1) is 0 Å². The molecule has 3 N–H and O–H groups in total. The van der Waals surface area contributed by atoms with Crippen LogP contribution in [0.1, 0.15) is 5.56 Å². The van der Waals surface area contributed by atoms with E-state index in [2.05, 4.69) is 10.0 Å². The third-order valence-corrected chi connectivity index (χ3v) is 4.76. The van der Waals surface area contributed by atoms with Crippen molar-refractivity contribution in [3.63, 3.8) is 0 Å². The van der Waals surface area contributed by atoms with Crippen molar-refractivity contribution < 1.29 is 13.5 Å². The van der Waals surface area contributed by atoms with Crippen LogP contribution in [0.5, 0.6) is 5.75 Å². The highest BCUT2D eigenvalue weighted by Gasteiger charge is 2.16. The number of benzene rings is 2. The van der Waals surface area contributed by atoms with Gasteiger partial charge in [-0.15, -0.1) is 0 Å². The Bertz CT molecular complexity index is 748. The normalized spacial score (nSPS) is 11.3. The molecule has 0 aromatic heterocycles. The van der Waals surface area contributed by atoms with Crippen LogP contribution < -0.4 is 10.0 Å². The molecule has 0 heterocycles. The molecule has 0 spiro atoms. The maximum Gasteiger partial charge on any atom is 0.242 e. The lowest BCUT2D eigenvalue weighted by atomic mass is 10.2. The number of sulfonamides is 1. The number of aromatic hydroxyl groups is 1. The summed E-state index contributed by atoms with van der Waals surface area (Å²) in [5.74, 6) is -0.0133. The van der Waals surface area contributed by atoms with Gasteiger partial charge in [-0.3, -0.25) is 0 Å². The fraction of sp³-hybridized carbons (Fsp3) is 0.143. The quantitative estimate of drug-likeness (QED) is 0.789. The molecule has 2 aromatic rings. The molecule has 0 bridgehead atoms. The van der Waals surface area contributed by atoms with Gasteiger partial charge in [-0.05, 0) is 25.2 Å². The zero-order chi connectivity index (χ0) is 15.5. The second kappa shape index (κ2) is 6.34. The number of halogens is 1. The van der Waals surface area contributed by atoms with E-state index in [0.717, 1.165) is 0 Å². The zero-order valence-electron chi connectivity index (χ0n) is 11.3. The van der Waals surface area contributed by atoms with Gasteiger partial charge < -0.3 is 10.4 Å². The van der Waals surface area contributed by atoms with E-state index in [-0.39, 0.29) is 22.2 Å². The predicted octanol–water partition coefficient (Wildman–Crippen LogP) is 2.57. The molecule has 0 unspecified atom stereocenters. The van der Waals surface area contributed by atoms with E-state index in [0.29, 0.717) is 11.3 Å². The van der Waals surface area contributed by atoms with E-state index in [9.17, 15) is 13.5 Å². The molecule has 0 atom stereocenters. The van der Waals surface area contributed by atoms with Gasteiger partial charge >= 0.3 is 0 Å². The van der Waals surface area contributed by atoms with E-state index in [1.165, 1.54) is 13.1 Å². The molecule has 0 aliphatic rings. The second-order valence-electron chi connectivity index (χ2n) is 4.30. The van der Waals surface area contributed by atoms with Crippen LogP contribution in [0.4, 0.5) is 5.69 Å². The summed E-state index contributed by atoms with van der Waals surface area (Å²) >= 11 is 5.84. The number of phenols is 1. The summed E-state index contributed by atoms with van der Waals surface area (Å²) in [5, 5.41) is 13.1. The number of hydrogen-bond acceptors (Lipinski definition) is 4. The Morgan fingerprint density at radius 2 is 1.86 bits per heavy atom. The maximum atomic E-state index is 11.9. The average Bonchev–Trinajstić information content (AvgIpc) is 2.49. The lowest BCUT2D eigenvalue weighted by Gasteiger charge is -2.13. The first-order chi connectivity index (χ1) is 9.95. The van der Waals surface area contributed by atoms with Gasteiger partial charge in [-0.1, -0.05) is 35.9 Å². The molecule has 0 aliphatic carbocycles. The van der Waals surface area contributed by atoms with Gasteiger partial charge in [-0.2, -0.15) is 0 Å². The summed E-state index contributed by atoms with van der Waals surface area (Å²) in [5.41, 5.74) is 1.03. The van der Waals surface area contributed by atoms with Gasteiger partial charge in [0.15, 0.2) is 0 Å². The number of anilines is 1. The minimum Gasteiger partial charge on any atom is -0.506 e. The fourth-order valence-electron chi connectivity index (χ4n) is 1.85. The van der Waals surface area contributed by atoms with E-state index >= 15 is 0 Å². The van der Waals surface area contributed by atoms with Gasteiger partial charge in [0.25, 0.3) is 0 Å². The molecular weight excluding hydrogens is 312 g/mol. The summed E-state index contributed by atoms with van der Waals surface area (Å²) in [7, 11) is -2.20. The van der Waals surface area contributed by atoms with E-state index in [4.69, 9.17) is 11.6 Å². The lowest BCUT2D eigenvalue weighted by molar-refractivity contribution is 0.469. The van der Waals surface area contributed by atoms with Crippen LogP contribution >= 0.6 is 11.6 Å². The standard InChI is InChI=1S/C14H15ClN2O3S/c1-16-21(19,20)13-8-3-2-7-12(13)17-9-10-5-4-6-11(15)14(10)18/h2-8,16-18H,9H2,1H3. The summed E-state index contributed by atoms with van der Waals surface area (Å²) in [4.78, 5) is 0.147. The lowest BCUT2D eigenvalue weighted by Crippen LogP contribution is -2.20. The Balaban J connectivity index is 2.27. The molecule has 0 radical (unpaired) electrons. The number of para-hydroxylation sites is 2. The van der Waals surface area contributed by atoms with Crippen molar-refractivity contribution in [1.29, 1.82) is 0 Å². The molecular formula is C14H15ClN2O3S. The SMILES string of the molecule is CNS(=O)(=O)c1ccccc1NCc1cccc(Cl)c1O. The van der Waals surface area contributed by atoms with Crippen molar-refractivity contribution in [1.82, 2.24) is 4.72 Å². The van der Waals surface area contributed by atoms with Crippen molar-refractivity contribution in [2.45, 2.75) is 11.4 Å². The largest absolute Gasteiger partial charge is 0.506 e. The summed E-state index contributed by atoms with van der Waals surface area (Å²) < 4.78 is 26.1. The van der Waals surface area contributed by atoms with Crippen LogP contribution in [-0.4, -0.2) is 20.6 Å². The topological polar surface area (TPSA) is 78.4 Å². The van der Waals surface area contributed by atoms with Gasteiger partial charge in [0.05, 0.1) is 10.7 Å². The molecule has 0 aliphatic heterocycles. The monoisotopic (exact) mass is 326 g/mol. The fourth-order valence-corrected chi connectivity index (χ4v) is 2.95. The molecule has 21 heavy (non-hydrogen) atoms.